The predicted octanol–water partition coefficient (Wildman–Crippen LogP) is 1.02. The molecule has 0 saturated heterocycles. The monoisotopic (exact) mass is 363 g/mol. The van der Waals surface area contributed by atoms with Crippen molar-refractivity contribution in [3.05, 3.63) is 35.9 Å². The van der Waals surface area contributed by atoms with Crippen LogP contribution in [0.3, 0.4) is 0 Å². The summed E-state index contributed by atoms with van der Waals surface area (Å²) in [6.45, 7) is 4.13. The SMILES string of the molecule is CCC(C)C(N)C(=O)NCCS(=O)(=O)NCc1ccccc1.Cl. The first-order valence-electron chi connectivity index (χ1n) is 7.40. The zero-order chi connectivity index (χ0) is 16.6. The Kier molecular flexibility index (Phi) is 10.1. The number of nitrogens with one attached hydrogen (secondary N) is 2. The van der Waals surface area contributed by atoms with Gasteiger partial charge in [-0.1, -0.05) is 50.6 Å². The van der Waals surface area contributed by atoms with E-state index in [-0.39, 0.29) is 43.1 Å². The topological polar surface area (TPSA) is 101 Å². The third-order valence-corrected chi connectivity index (χ3v) is 4.89. The lowest BCUT2D eigenvalue weighted by molar-refractivity contribution is -0.123. The summed E-state index contributed by atoms with van der Waals surface area (Å²) < 4.78 is 26.2. The van der Waals surface area contributed by atoms with Crippen LogP contribution in [0, 0.1) is 5.92 Å². The maximum atomic E-state index is 11.9. The third-order valence-electron chi connectivity index (χ3n) is 3.57. The molecule has 1 aromatic rings. The Morgan fingerprint density at radius 2 is 1.87 bits per heavy atom. The molecule has 0 bridgehead atoms. The Morgan fingerprint density at radius 3 is 2.43 bits per heavy atom. The van der Waals surface area contributed by atoms with Gasteiger partial charge < -0.3 is 11.1 Å². The molecule has 2 unspecified atom stereocenters. The van der Waals surface area contributed by atoms with Crippen LogP contribution in [0.1, 0.15) is 25.8 Å². The van der Waals surface area contributed by atoms with E-state index in [1.54, 1.807) is 0 Å². The van der Waals surface area contributed by atoms with Crippen LogP contribution >= 0.6 is 12.4 Å². The maximum absolute atomic E-state index is 11.9. The van der Waals surface area contributed by atoms with Crippen LogP contribution in [-0.2, 0) is 21.4 Å². The molecule has 8 heteroatoms. The van der Waals surface area contributed by atoms with Crippen molar-refractivity contribution in [3.63, 3.8) is 0 Å². The fourth-order valence-electron chi connectivity index (χ4n) is 1.80. The Balaban J connectivity index is 0.00000484. The number of hydrogen-bond acceptors (Lipinski definition) is 4. The molecule has 1 amide bonds. The summed E-state index contributed by atoms with van der Waals surface area (Å²) in [7, 11) is -3.43. The number of sulfonamides is 1. The third kappa shape index (κ3) is 8.31. The molecule has 23 heavy (non-hydrogen) atoms. The van der Waals surface area contributed by atoms with Crippen LogP contribution in [0.2, 0.25) is 0 Å². The van der Waals surface area contributed by atoms with Crippen LogP contribution in [0.15, 0.2) is 30.3 Å². The highest BCUT2D eigenvalue weighted by atomic mass is 35.5. The molecule has 0 aliphatic heterocycles. The van der Waals surface area contributed by atoms with E-state index in [4.69, 9.17) is 5.73 Å². The van der Waals surface area contributed by atoms with Gasteiger partial charge in [-0.3, -0.25) is 4.79 Å². The lowest BCUT2D eigenvalue weighted by Crippen LogP contribution is -2.46. The molecule has 4 N–H and O–H groups in total. The molecule has 0 fully saturated rings. The van der Waals surface area contributed by atoms with Crippen LogP contribution < -0.4 is 15.8 Å². The number of benzene rings is 1. The van der Waals surface area contributed by atoms with Gasteiger partial charge >= 0.3 is 0 Å². The minimum Gasteiger partial charge on any atom is -0.354 e. The average Bonchev–Trinajstić information content (AvgIpc) is 2.52. The average molecular weight is 364 g/mol. The number of hydrogen-bond donors (Lipinski definition) is 3. The van der Waals surface area contributed by atoms with E-state index in [2.05, 4.69) is 10.0 Å². The lowest BCUT2D eigenvalue weighted by atomic mass is 9.99. The fraction of sp³-hybridized carbons (Fsp3) is 0.533. The van der Waals surface area contributed by atoms with E-state index in [1.165, 1.54) is 0 Å². The highest BCUT2D eigenvalue weighted by Crippen LogP contribution is 2.04. The summed E-state index contributed by atoms with van der Waals surface area (Å²) in [5, 5.41) is 2.57. The molecular weight excluding hydrogens is 338 g/mol. The van der Waals surface area contributed by atoms with E-state index in [1.807, 2.05) is 44.2 Å². The summed E-state index contributed by atoms with van der Waals surface area (Å²) in [5.41, 5.74) is 6.66. The molecule has 0 spiro atoms. The quantitative estimate of drug-likeness (QED) is 0.609. The van der Waals surface area contributed by atoms with Gasteiger partial charge in [0.1, 0.15) is 0 Å². The Hall–Kier alpha value is -1.15. The Bertz CT molecular complexity index is 567. The van der Waals surface area contributed by atoms with Crippen molar-refractivity contribution in [2.24, 2.45) is 11.7 Å². The largest absolute Gasteiger partial charge is 0.354 e. The predicted molar refractivity (Wildman–Crippen MR) is 94.8 cm³/mol. The standard InChI is InChI=1S/C15H25N3O3S.ClH/c1-3-12(2)14(16)15(19)17-9-10-22(20,21)18-11-13-7-5-4-6-8-13;/h4-8,12,14,18H,3,9-11,16H2,1-2H3,(H,17,19);1H. The van der Waals surface area contributed by atoms with Gasteiger partial charge in [-0.15, -0.1) is 12.4 Å². The first-order valence-corrected chi connectivity index (χ1v) is 9.05. The number of halogens is 1. The number of nitrogens with two attached hydrogens (primary N) is 1. The first kappa shape index (κ1) is 21.9. The van der Waals surface area contributed by atoms with Gasteiger partial charge in [-0.2, -0.15) is 0 Å². The van der Waals surface area contributed by atoms with Gasteiger partial charge in [-0.25, -0.2) is 13.1 Å². The minimum atomic E-state index is -3.43. The smallest absolute Gasteiger partial charge is 0.237 e. The summed E-state index contributed by atoms with van der Waals surface area (Å²) in [5.74, 6) is -0.417. The van der Waals surface area contributed by atoms with Gasteiger partial charge in [0.25, 0.3) is 0 Å². The van der Waals surface area contributed by atoms with Gasteiger partial charge in [0.2, 0.25) is 15.9 Å². The van der Waals surface area contributed by atoms with Crippen molar-refractivity contribution >= 4 is 28.3 Å². The second-order valence-electron chi connectivity index (χ2n) is 5.33. The minimum absolute atomic E-state index is 0. The Labute approximate surface area is 144 Å². The van der Waals surface area contributed by atoms with Gasteiger partial charge in [0.05, 0.1) is 11.8 Å². The molecule has 1 rings (SSSR count). The molecule has 1 aromatic carbocycles. The first-order chi connectivity index (χ1) is 10.4. The van der Waals surface area contributed by atoms with E-state index in [0.717, 1.165) is 12.0 Å². The maximum Gasteiger partial charge on any atom is 0.237 e. The van der Waals surface area contributed by atoms with Crippen molar-refractivity contribution in [1.82, 2.24) is 10.0 Å². The second kappa shape index (κ2) is 10.6. The van der Waals surface area contributed by atoms with E-state index in [0.29, 0.717) is 0 Å². The highest BCUT2D eigenvalue weighted by molar-refractivity contribution is 7.89. The van der Waals surface area contributed by atoms with Gasteiger partial charge in [0.15, 0.2) is 0 Å². The van der Waals surface area contributed by atoms with E-state index in [9.17, 15) is 13.2 Å². The van der Waals surface area contributed by atoms with Crippen LogP contribution in [0.4, 0.5) is 0 Å². The normalized spacial score (nSPS) is 13.7. The molecule has 0 aliphatic carbocycles. The zero-order valence-corrected chi connectivity index (χ0v) is 15.1. The van der Waals surface area contributed by atoms with Crippen LogP contribution in [-0.4, -0.2) is 32.7 Å². The molecule has 0 radical (unpaired) electrons. The van der Waals surface area contributed by atoms with Crippen molar-refractivity contribution in [2.75, 3.05) is 12.3 Å². The summed E-state index contributed by atoms with van der Waals surface area (Å²) in [6.07, 6.45) is 0.797. The molecule has 132 valence electrons. The number of amides is 1. The molecule has 0 heterocycles. The molecule has 2 atom stereocenters. The summed E-state index contributed by atoms with van der Waals surface area (Å²) in [4.78, 5) is 11.8. The molecular formula is C15H26ClN3O3S. The summed E-state index contributed by atoms with van der Waals surface area (Å²) >= 11 is 0. The lowest BCUT2D eigenvalue weighted by Gasteiger charge is -2.17. The molecule has 0 aliphatic rings. The zero-order valence-electron chi connectivity index (χ0n) is 13.5. The van der Waals surface area contributed by atoms with E-state index < -0.39 is 16.1 Å². The van der Waals surface area contributed by atoms with Crippen LogP contribution in [0.25, 0.3) is 0 Å². The van der Waals surface area contributed by atoms with Crippen LogP contribution in [0.5, 0.6) is 0 Å². The highest BCUT2D eigenvalue weighted by Gasteiger charge is 2.19. The van der Waals surface area contributed by atoms with Crippen molar-refractivity contribution in [1.29, 1.82) is 0 Å². The number of carbonyl (C=O) groups is 1. The van der Waals surface area contributed by atoms with Gasteiger partial charge in [0, 0.05) is 13.1 Å². The Morgan fingerprint density at radius 1 is 1.26 bits per heavy atom. The molecule has 6 nitrogen and oxygen atoms in total. The molecule has 0 saturated carbocycles. The second-order valence-corrected chi connectivity index (χ2v) is 7.25. The van der Waals surface area contributed by atoms with Crippen molar-refractivity contribution < 1.29 is 13.2 Å². The fourth-order valence-corrected chi connectivity index (χ4v) is 2.70. The van der Waals surface area contributed by atoms with Crippen molar-refractivity contribution in [2.45, 2.75) is 32.9 Å². The van der Waals surface area contributed by atoms with E-state index >= 15 is 0 Å². The number of rotatable bonds is 9. The van der Waals surface area contributed by atoms with Gasteiger partial charge in [-0.05, 0) is 11.5 Å². The molecule has 0 aromatic heterocycles. The van der Waals surface area contributed by atoms with Crippen molar-refractivity contribution in [3.8, 4) is 0 Å². The summed E-state index contributed by atoms with van der Waals surface area (Å²) in [6, 6.07) is 8.64. The number of carbonyl (C=O) groups excluding carboxylic acids is 1.